The van der Waals surface area contributed by atoms with Crippen molar-refractivity contribution in [2.45, 2.75) is 45.7 Å². The Kier molecular flexibility index (Phi) is 6.87. The van der Waals surface area contributed by atoms with Crippen LogP contribution >= 0.6 is 11.3 Å². The van der Waals surface area contributed by atoms with E-state index in [2.05, 4.69) is 45.4 Å². The van der Waals surface area contributed by atoms with E-state index >= 15 is 0 Å². The molecule has 5 nitrogen and oxygen atoms in total. The smallest absolute Gasteiger partial charge is 0.227 e. The van der Waals surface area contributed by atoms with Crippen LogP contribution in [-0.2, 0) is 17.9 Å². The van der Waals surface area contributed by atoms with Gasteiger partial charge in [-0.05, 0) is 54.5 Å². The zero-order valence-corrected chi connectivity index (χ0v) is 16.9. The van der Waals surface area contributed by atoms with Gasteiger partial charge in [-0.25, -0.2) is 0 Å². The van der Waals surface area contributed by atoms with Crippen molar-refractivity contribution in [2.24, 2.45) is 10.9 Å². The molecule has 1 aromatic carbocycles. The number of hydrogen-bond donors (Lipinski definition) is 3. The van der Waals surface area contributed by atoms with Crippen LogP contribution in [0.2, 0.25) is 0 Å². The number of nitrogens with zero attached hydrogens (tertiary/aromatic N) is 1. The summed E-state index contributed by atoms with van der Waals surface area (Å²) in [5, 5.41) is 11.9. The Hall–Kier alpha value is -2.34. The second kappa shape index (κ2) is 9.55. The third kappa shape index (κ3) is 5.57. The molecule has 0 aliphatic heterocycles. The molecular formula is C21H28N4OS. The monoisotopic (exact) mass is 384 g/mol. The number of nitrogens with one attached hydrogen (secondary N) is 3. The second-order valence-electron chi connectivity index (χ2n) is 6.98. The molecule has 0 radical (unpaired) electrons. The van der Waals surface area contributed by atoms with Crippen molar-refractivity contribution < 1.29 is 4.79 Å². The minimum absolute atomic E-state index is 0.154. The summed E-state index contributed by atoms with van der Waals surface area (Å²) in [5.41, 5.74) is 3.27. The van der Waals surface area contributed by atoms with Gasteiger partial charge >= 0.3 is 0 Å². The maximum Gasteiger partial charge on any atom is 0.227 e. The molecule has 0 saturated heterocycles. The van der Waals surface area contributed by atoms with Gasteiger partial charge in [0.15, 0.2) is 5.96 Å². The van der Waals surface area contributed by atoms with Crippen LogP contribution in [0.25, 0.3) is 0 Å². The minimum atomic E-state index is 0.154. The first kappa shape index (κ1) is 19.4. The number of amides is 1. The minimum Gasteiger partial charge on any atom is -0.352 e. The van der Waals surface area contributed by atoms with Gasteiger partial charge in [-0.2, -0.15) is 0 Å². The van der Waals surface area contributed by atoms with Gasteiger partial charge in [0, 0.05) is 30.1 Å². The highest BCUT2D eigenvalue weighted by molar-refractivity contribution is 7.10. The van der Waals surface area contributed by atoms with Crippen LogP contribution in [0, 0.1) is 12.8 Å². The zero-order chi connectivity index (χ0) is 19.1. The van der Waals surface area contributed by atoms with E-state index in [4.69, 9.17) is 0 Å². The summed E-state index contributed by atoms with van der Waals surface area (Å²) in [7, 11) is 1.77. The number of hydrogen-bond acceptors (Lipinski definition) is 3. The van der Waals surface area contributed by atoms with Gasteiger partial charge < -0.3 is 16.0 Å². The molecule has 0 spiro atoms. The molecule has 27 heavy (non-hydrogen) atoms. The fourth-order valence-electron chi connectivity index (χ4n) is 3.35. The maximum atomic E-state index is 12.3. The average molecular weight is 385 g/mol. The quantitative estimate of drug-likeness (QED) is 0.520. The van der Waals surface area contributed by atoms with Crippen molar-refractivity contribution in [1.29, 1.82) is 0 Å². The summed E-state index contributed by atoms with van der Waals surface area (Å²) in [6.07, 6.45) is 4.36. The van der Waals surface area contributed by atoms with E-state index in [1.165, 1.54) is 23.3 Å². The molecule has 3 N–H and O–H groups in total. The van der Waals surface area contributed by atoms with E-state index in [9.17, 15) is 4.79 Å². The van der Waals surface area contributed by atoms with Gasteiger partial charge in [-0.15, -0.1) is 11.3 Å². The van der Waals surface area contributed by atoms with Crippen molar-refractivity contribution in [1.82, 2.24) is 10.6 Å². The van der Waals surface area contributed by atoms with Gasteiger partial charge in [0.25, 0.3) is 0 Å². The molecule has 0 unspecified atom stereocenters. The predicted octanol–water partition coefficient (Wildman–Crippen LogP) is 4.05. The summed E-state index contributed by atoms with van der Waals surface area (Å²) in [6, 6.07) is 10.1. The SMILES string of the molecule is CN=C(NCc1cccc(NC(=O)C2CCCC2)c1)NCc1sccc1C. The van der Waals surface area contributed by atoms with Crippen molar-refractivity contribution >= 4 is 28.9 Å². The van der Waals surface area contributed by atoms with Crippen molar-refractivity contribution in [2.75, 3.05) is 12.4 Å². The number of aliphatic imine (C=N–C) groups is 1. The van der Waals surface area contributed by atoms with Gasteiger partial charge in [0.2, 0.25) is 5.91 Å². The first-order chi connectivity index (χ1) is 13.2. The largest absolute Gasteiger partial charge is 0.352 e. The standard InChI is InChI=1S/C21H28N4OS/c1-15-10-11-27-19(15)14-24-21(22-2)23-13-16-6-5-9-18(12-16)25-20(26)17-7-3-4-8-17/h5-6,9-12,17H,3-4,7-8,13-14H2,1-2H3,(H,25,26)(H2,22,23,24). The molecule has 1 amide bonds. The van der Waals surface area contributed by atoms with Crippen LogP contribution in [0.15, 0.2) is 40.7 Å². The summed E-state index contributed by atoms with van der Waals surface area (Å²) in [4.78, 5) is 17.9. The zero-order valence-electron chi connectivity index (χ0n) is 16.0. The molecule has 3 rings (SSSR count). The Balaban J connectivity index is 1.50. The molecule has 0 bridgehead atoms. The van der Waals surface area contributed by atoms with E-state index < -0.39 is 0 Å². The van der Waals surface area contributed by atoms with Gasteiger partial charge in [0.05, 0.1) is 6.54 Å². The first-order valence-corrected chi connectivity index (χ1v) is 10.4. The van der Waals surface area contributed by atoms with E-state index in [0.29, 0.717) is 6.54 Å². The van der Waals surface area contributed by atoms with Crippen LogP contribution in [0.5, 0.6) is 0 Å². The third-order valence-electron chi connectivity index (χ3n) is 4.99. The number of thiophene rings is 1. The summed E-state index contributed by atoms with van der Waals surface area (Å²) >= 11 is 1.75. The molecule has 6 heteroatoms. The fraction of sp³-hybridized carbons (Fsp3) is 0.429. The summed E-state index contributed by atoms with van der Waals surface area (Å²) < 4.78 is 0. The lowest BCUT2D eigenvalue weighted by atomic mass is 10.1. The summed E-state index contributed by atoms with van der Waals surface area (Å²) in [6.45, 7) is 3.53. The predicted molar refractivity (Wildman–Crippen MR) is 113 cm³/mol. The van der Waals surface area contributed by atoms with Gasteiger partial charge in [-0.3, -0.25) is 9.79 Å². The Morgan fingerprint density at radius 2 is 1.96 bits per heavy atom. The van der Waals surface area contributed by atoms with Crippen LogP contribution in [0.1, 0.15) is 41.7 Å². The highest BCUT2D eigenvalue weighted by Gasteiger charge is 2.22. The highest BCUT2D eigenvalue weighted by atomic mass is 32.1. The molecule has 1 aliphatic rings. The van der Waals surface area contributed by atoms with Crippen LogP contribution < -0.4 is 16.0 Å². The number of guanidine groups is 1. The molecule has 0 atom stereocenters. The van der Waals surface area contributed by atoms with Crippen LogP contribution in [-0.4, -0.2) is 18.9 Å². The lowest BCUT2D eigenvalue weighted by Gasteiger charge is -2.14. The van der Waals surface area contributed by atoms with Crippen LogP contribution in [0.3, 0.4) is 0 Å². The van der Waals surface area contributed by atoms with Crippen molar-refractivity contribution in [3.8, 4) is 0 Å². The molecule has 1 aliphatic carbocycles. The Labute approximate surface area is 165 Å². The van der Waals surface area contributed by atoms with Crippen molar-refractivity contribution in [3.05, 3.63) is 51.7 Å². The number of anilines is 1. The first-order valence-electron chi connectivity index (χ1n) is 9.53. The van der Waals surface area contributed by atoms with E-state index in [0.717, 1.165) is 36.6 Å². The van der Waals surface area contributed by atoms with Crippen molar-refractivity contribution in [3.63, 3.8) is 0 Å². The van der Waals surface area contributed by atoms with E-state index in [1.807, 2.05) is 18.2 Å². The molecular weight excluding hydrogens is 356 g/mol. The molecule has 1 aromatic heterocycles. The molecule has 1 saturated carbocycles. The lowest BCUT2D eigenvalue weighted by Crippen LogP contribution is -2.36. The normalized spacial score (nSPS) is 15.0. The van der Waals surface area contributed by atoms with Crippen LogP contribution in [0.4, 0.5) is 5.69 Å². The number of rotatable bonds is 6. The molecule has 2 aromatic rings. The average Bonchev–Trinajstić information content (AvgIpc) is 3.34. The molecule has 144 valence electrons. The Morgan fingerprint density at radius 1 is 1.19 bits per heavy atom. The van der Waals surface area contributed by atoms with E-state index in [-0.39, 0.29) is 11.8 Å². The summed E-state index contributed by atoms with van der Waals surface area (Å²) in [5.74, 6) is 1.10. The lowest BCUT2D eigenvalue weighted by molar-refractivity contribution is -0.119. The molecule has 1 heterocycles. The number of benzene rings is 1. The number of aryl methyl sites for hydroxylation is 1. The van der Waals surface area contributed by atoms with Gasteiger partial charge in [0.1, 0.15) is 0 Å². The Bertz CT molecular complexity index is 793. The highest BCUT2D eigenvalue weighted by Crippen LogP contribution is 2.26. The maximum absolute atomic E-state index is 12.3. The van der Waals surface area contributed by atoms with E-state index in [1.54, 1.807) is 18.4 Å². The topological polar surface area (TPSA) is 65.5 Å². The fourth-order valence-corrected chi connectivity index (χ4v) is 4.19. The number of carbonyl (C=O) groups excluding carboxylic acids is 1. The second-order valence-corrected chi connectivity index (χ2v) is 7.98. The third-order valence-corrected chi connectivity index (χ3v) is 6.01. The van der Waals surface area contributed by atoms with Gasteiger partial charge in [-0.1, -0.05) is 25.0 Å². The Morgan fingerprint density at radius 3 is 2.67 bits per heavy atom. The molecule has 1 fully saturated rings. The number of carbonyl (C=O) groups is 1.